The first-order chi connectivity index (χ1) is 11.6. The summed E-state index contributed by atoms with van der Waals surface area (Å²) in [7, 11) is 0. The molecule has 0 spiro atoms. The Bertz CT molecular complexity index is 340. The van der Waals surface area contributed by atoms with Gasteiger partial charge in [-0.3, -0.25) is 9.59 Å². The normalized spacial score (nSPS) is 11.3. The molecule has 0 N–H and O–H groups in total. The van der Waals surface area contributed by atoms with Gasteiger partial charge in [0, 0.05) is 0 Å². The van der Waals surface area contributed by atoms with Crippen LogP contribution in [0.2, 0.25) is 0 Å². The fraction of sp³-hybridized carbons (Fsp3) is 0.895. The second-order valence-corrected chi connectivity index (χ2v) is 6.22. The van der Waals surface area contributed by atoms with Crippen molar-refractivity contribution in [2.45, 2.75) is 85.0 Å². The summed E-state index contributed by atoms with van der Waals surface area (Å²) in [5, 5.41) is 0. The highest BCUT2D eigenvalue weighted by Gasteiger charge is 2.45. The van der Waals surface area contributed by atoms with Crippen molar-refractivity contribution in [2.75, 3.05) is 19.9 Å². The van der Waals surface area contributed by atoms with Gasteiger partial charge in [-0.1, -0.05) is 65.7 Å². The van der Waals surface area contributed by atoms with Gasteiger partial charge in [0.25, 0.3) is 0 Å². The standard InChI is InChI=1S/C19H35FO4/c1-4-7-8-9-10-11-12-13-15-23-17(21)19(5-2,6-3)18(22)24-16-14-20/h4-16H2,1-3H3. The van der Waals surface area contributed by atoms with Crippen molar-refractivity contribution >= 4 is 11.9 Å². The molecular formula is C19H35FO4. The minimum Gasteiger partial charge on any atom is -0.465 e. The molecule has 24 heavy (non-hydrogen) atoms. The molecule has 0 aliphatic carbocycles. The van der Waals surface area contributed by atoms with Gasteiger partial charge in [0.2, 0.25) is 0 Å². The second kappa shape index (κ2) is 14.2. The van der Waals surface area contributed by atoms with Gasteiger partial charge >= 0.3 is 11.9 Å². The Kier molecular flexibility index (Phi) is 13.6. The first kappa shape index (κ1) is 22.9. The van der Waals surface area contributed by atoms with E-state index in [2.05, 4.69) is 6.92 Å². The molecule has 0 bridgehead atoms. The van der Waals surface area contributed by atoms with Gasteiger partial charge < -0.3 is 9.47 Å². The molecule has 142 valence electrons. The second-order valence-electron chi connectivity index (χ2n) is 6.22. The highest BCUT2D eigenvalue weighted by atomic mass is 19.1. The first-order valence-electron chi connectivity index (χ1n) is 9.49. The number of carbonyl (C=O) groups excluding carboxylic acids is 2. The van der Waals surface area contributed by atoms with E-state index in [-0.39, 0.29) is 6.61 Å². The van der Waals surface area contributed by atoms with Crippen LogP contribution in [0.5, 0.6) is 0 Å². The SMILES string of the molecule is CCCCCCCCCCOC(=O)C(CC)(CC)C(=O)OCCF. The fourth-order valence-corrected chi connectivity index (χ4v) is 2.72. The lowest BCUT2D eigenvalue weighted by Gasteiger charge is -2.26. The number of esters is 2. The fourth-order valence-electron chi connectivity index (χ4n) is 2.72. The Labute approximate surface area is 146 Å². The Hall–Kier alpha value is -1.13. The van der Waals surface area contributed by atoms with Crippen LogP contribution in [0, 0.1) is 5.41 Å². The molecule has 5 heteroatoms. The maximum absolute atomic E-state index is 12.3. The van der Waals surface area contributed by atoms with Crippen LogP contribution in [0.1, 0.15) is 85.0 Å². The molecule has 0 unspecified atom stereocenters. The third-order valence-electron chi connectivity index (χ3n) is 4.53. The zero-order valence-corrected chi connectivity index (χ0v) is 15.7. The number of halogens is 1. The molecule has 0 radical (unpaired) electrons. The molecule has 0 heterocycles. The Morgan fingerprint density at radius 2 is 1.21 bits per heavy atom. The van der Waals surface area contributed by atoms with Crippen LogP contribution in [0.15, 0.2) is 0 Å². The third kappa shape index (κ3) is 8.11. The minimum atomic E-state index is -1.30. The first-order valence-corrected chi connectivity index (χ1v) is 9.49. The van der Waals surface area contributed by atoms with Gasteiger partial charge in [-0.15, -0.1) is 0 Å². The van der Waals surface area contributed by atoms with Gasteiger partial charge in [0.1, 0.15) is 13.3 Å². The van der Waals surface area contributed by atoms with E-state index in [4.69, 9.17) is 9.47 Å². The topological polar surface area (TPSA) is 52.6 Å². The van der Waals surface area contributed by atoms with Crippen LogP contribution >= 0.6 is 0 Å². The average Bonchev–Trinajstić information content (AvgIpc) is 2.60. The summed E-state index contributed by atoms with van der Waals surface area (Å²) in [6.45, 7) is 4.96. The van der Waals surface area contributed by atoms with Crippen LogP contribution in [-0.4, -0.2) is 31.8 Å². The van der Waals surface area contributed by atoms with Crippen LogP contribution in [0.3, 0.4) is 0 Å². The summed E-state index contributed by atoms with van der Waals surface area (Å²) >= 11 is 0. The minimum absolute atomic E-state index is 0.297. The molecular weight excluding hydrogens is 311 g/mol. The molecule has 0 saturated heterocycles. The van der Waals surface area contributed by atoms with Gasteiger partial charge in [0.05, 0.1) is 6.61 Å². The van der Waals surface area contributed by atoms with E-state index in [1.807, 2.05) is 0 Å². The zero-order chi connectivity index (χ0) is 18.3. The molecule has 0 aromatic heterocycles. The summed E-state index contributed by atoms with van der Waals surface area (Å²) in [5.41, 5.74) is -1.30. The number of hydrogen-bond acceptors (Lipinski definition) is 4. The molecule has 0 saturated carbocycles. The van der Waals surface area contributed by atoms with Gasteiger partial charge in [0.15, 0.2) is 5.41 Å². The summed E-state index contributed by atoms with van der Waals surface area (Å²) in [6, 6.07) is 0. The third-order valence-corrected chi connectivity index (χ3v) is 4.53. The van der Waals surface area contributed by atoms with Gasteiger partial charge in [-0.25, -0.2) is 4.39 Å². The van der Waals surface area contributed by atoms with Crippen LogP contribution in [0.25, 0.3) is 0 Å². The van der Waals surface area contributed by atoms with Crippen molar-refractivity contribution < 1.29 is 23.5 Å². The number of carbonyl (C=O) groups is 2. The number of ether oxygens (including phenoxy) is 2. The van der Waals surface area contributed by atoms with Gasteiger partial charge in [-0.2, -0.15) is 0 Å². The molecule has 0 rings (SSSR count). The van der Waals surface area contributed by atoms with Crippen LogP contribution in [0.4, 0.5) is 4.39 Å². The predicted octanol–water partition coefficient (Wildman–Crippen LogP) is 4.99. The summed E-state index contributed by atoms with van der Waals surface area (Å²) in [4.78, 5) is 24.4. The van der Waals surface area contributed by atoms with E-state index in [1.165, 1.54) is 32.1 Å². The number of hydrogen-bond donors (Lipinski definition) is 0. The lowest BCUT2D eigenvalue weighted by molar-refractivity contribution is -0.173. The molecule has 0 aromatic carbocycles. The smallest absolute Gasteiger partial charge is 0.323 e. The van der Waals surface area contributed by atoms with Crippen molar-refractivity contribution in [1.82, 2.24) is 0 Å². The van der Waals surface area contributed by atoms with Gasteiger partial charge in [-0.05, 0) is 19.3 Å². The Balaban J connectivity index is 4.09. The van der Waals surface area contributed by atoms with Crippen molar-refractivity contribution in [2.24, 2.45) is 5.41 Å². The molecule has 4 nitrogen and oxygen atoms in total. The van der Waals surface area contributed by atoms with E-state index in [9.17, 15) is 14.0 Å². The largest absolute Gasteiger partial charge is 0.465 e. The van der Waals surface area contributed by atoms with E-state index in [1.54, 1.807) is 13.8 Å². The molecule has 0 aromatic rings. The maximum Gasteiger partial charge on any atom is 0.323 e. The number of unbranched alkanes of at least 4 members (excludes halogenated alkanes) is 7. The highest BCUT2D eigenvalue weighted by Crippen LogP contribution is 2.30. The average molecular weight is 346 g/mol. The monoisotopic (exact) mass is 346 g/mol. The van der Waals surface area contributed by atoms with Crippen LogP contribution < -0.4 is 0 Å². The predicted molar refractivity (Wildman–Crippen MR) is 93.5 cm³/mol. The zero-order valence-electron chi connectivity index (χ0n) is 15.7. The van der Waals surface area contributed by atoms with Crippen molar-refractivity contribution in [3.63, 3.8) is 0 Å². The summed E-state index contributed by atoms with van der Waals surface area (Å²) in [6.07, 6.45) is 9.90. The van der Waals surface area contributed by atoms with Crippen molar-refractivity contribution in [3.05, 3.63) is 0 Å². The number of rotatable bonds is 15. The molecule has 0 atom stereocenters. The van der Waals surface area contributed by atoms with E-state index < -0.39 is 24.0 Å². The lowest BCUT2D eigenvalue weighted by atomic mass is 9.82. The van der Waals surface area contributed by atoms with Crippen LogP contribution in [-0.2, 0) is 19.1 Å². The number of alkyl halides is 1. The highest BCUT2D eigenvalue weighted by molar-refractivity contribution is 5.99. The quantitative estimate of drug-likeness (QED) is 0.238. The summed E-state index contributed by atoms with van der Waals surface area (Å²) < 4.78 is 22.3. The summed E-state index contributed by atoms with van der Waals surface area (Å²) in [5.74, 6) is -1.22. The maximum atomic E-state index is 12.3. The van der Waals surface area contributed by atoms with E-state index in [0.29, 0.717) is 19.4 Å². The Morgan fingerprint density at radius 3 is 1.67 bits per heavy atom. The lowest BCUT2D eigenvalue weighted by Crippen LogP contribution is -2.41. The molecule has 0 aliphatic heterocycles. The molecule has 0 aliphatic rings. The van der Waals surface area contributed by atoms with E-state index >= 15 is 0 Å². The molecule has 0 amide bonds. The van der Waals surface area contributed by atoms with Crippen molar-refractivity contribution in [1.29, 1.82) is 0 Å². The Morgan fingerprint density at radius 1 is 0.750 bits per heavy atom. The molecule has 0 fully saturated rings. The van der Waals surface area contributed by atoms with Crippen molar-refractivity contribution in [3.8, 4) is 0 Å². The van der Waals surface area contributed by atoms with E-state index in [0.717, 1.165) is 19.3 Å².